The van der Waals surface area contributed by atoms with Crippen molar-refractivity contribution >= 4 is 45.1 Å². The highest BCUT2D eigenvalue weighted by atomic mass is 35.5. The number of amides is 1. The molecule has 3 fully saturated rings. The van der Waals surface area contributed by atoms with E-state index in [-0.39, 0.29) is 30.9 Å². The van der Waals surface area contributed by atoms with Crippen molar-refractivity contribution in [3.63, 3.8) is 0 Å². The molecule has 6 rings (SSSR count). The van der Waals surface area contributed by atoms with Gasteiger partial charge in [0, 0.05) is 28.2 Å². The number of rotatable bonds is 11. The summed E-state index contributed by atoms with van der Waals surface area (Å²) in [6.45, 7) is -0.219. The number of aliphatic carboxylic acids is 1. The minimum Gasteiger partial charge on any atom is -0.481 e. The first-order valence-electron chi connectivity index (χ1n) is 14.6. The number of hydrogen-bond donors (Lipinski definition) is 2. The van der Waals surface area contributed by atoms with E-state index in [1.165, 1.54) is 0 Å². The summed E-state index contributed by atoms with van der Waals surface area (Å²) in [4.78, 5) is 27.6. The first kappa shape index (κ1) is 31.9. The molecule has 13 heteroatoms. The molecule has 1 heterocycles. The van der Waals surface area contributed by atoms with Gasteiger partial charge in [0.1, 0.15) is 28.6 Å². The van der Waals surface area contributed by atoms with Gasteiger partial charge in [0.15, 0.2) is 0 Å². The third-order valence-electron chi connectivity index (χ3n) is 8.82. The Morgan fingerprint density at radius 1 is 1.02 bits per heavy atom. The summed E-state index contributed by atoms with van der Waals surface area (Å²) in [6.07, 6.45) is -1.19. The number of carboxylic acid groups (broad SMARTS) is 1. The average Bonchev–Trinajstić information content (AvgIpc) is 3.91. The summed E-state index contributed by atoms with van der Waals surface area (Å²) in [5.74, 6) is -3.49. The summed E-state index contributed by atoms with van der Waals surface area (Å²) in [5, 5.41) is 10.5. The fraction of sp³-hybridized carbons (Fsp3) is 0.375. The highest BCUT2D eigenvalue weighted by molar-refractivity contribution is 7.90. The molecule has 8 nitrogen and oxygen atoms in total. The van der Waals surface area contributed by atoms with E-state index in [1.807, 2.05) is 0 Å². The standard InChI is InChI=1S/C32H30Cl2F2N2O6S/c33-21-8-6-19(7-9-21)29-30(20-2-1-3-22(34)14-20)44-27(16-28(39)40)31(41)38(29)26(18-4-5-18)17-37-45(42,43)32(12-13-32)24-15-23(35)10-11-25(24)36/h1-3,6-11,14-15,18,26-27,29-30,37H,4-5,12-13,16-17H2,(H,39,40)/t26-,27+,29-,30-/m1/s1. The van der Waals surface area contributed by atoms with E-state index in [0.717, 1.165) is 18.2 Å². The Labute approximate surface area is 269 Å². The number of sulfonamides is 1. The molecule has 0 unspecified atom stereocenters. The Balaban J connectivity index is 1.40. The predicted molar refractivity (Wildman–Crippen MR) is 163 cm³/mol. The number of morpholine rings is 1. The van der Waals surface area contributed by atoms with Crippen LogP contribution in [0.2, 0.25) is 10.0 Å². The molecule has 2 aliphatic carbocycles. The first-order valence-corrected chi connectivity index (χ1v) is 16.8. The number of benzene rings is 3. The number of nitrogens with zero attached hydrogens (tertiary/aromatic N) is 1. The minimum absolute atomic E-state index is 0.101. The first-order chi connectivity index (χ1) is 21.4. The van der Waals surface area contributed by atoms with E-state index >= 15 is 0 Å². The van der Waals surface area contributed by atoms with Crippen LogP contribution in [0, 0.1) is 17.6 Å². The van der Waals surface area contributed by atoms with Crippen LogP contribution in [-0.2, 0) is 29.1 Å². The molecule has 1 amide bonds. The third-order valence-corrected chi connectivity index (χ3v) is 11.5. The molecule has 0 radical (unpaired) electrons. The zero-order valence-corrected chi connectivity index (χ0v) is 26.2. The molecule has 2 saturated carbocycles. The van der Waals surface area contributed by atoms with Crippen LogP contribution < -0.4 is 4.72 Å². The molecule has 1 aliphatic heterocycles. The summed E-state index contributed by atoms with van der Waals surface area (Å²) in [7, 11) is -4.24. The Bertz CT molecular complexity index is 1730. The Hall–Kier alpha value is -3.09. The predicted octanol–water partition coefficient (Wildman–Crippen LogP) is 6.14. The van der Waals surface area contributed by atoms with E-state index in [4.69, 9.17) is 27.9 Å². The molecule has 3 aromatic carbocycles. The fourth-order valence-corrected chi connectivity index (χ4v) is 8.39. The summed E-state index contributed by atoms with van der Waals surface area (Å²) < 4.78 is 63.6. The van der Waals surface area contributed by atoms with Crippen molar-refractivity contribution in [2.75, 3.05) is 6.54 Å². The maximum atomic E-state index is 14.8. The van der Waals surface area contributed by atoms with E-state index in [0.29, 0.717) is 34.0 Å². The Kier molecular flexibility index (Phi) is 8.68. The van der Waals surface area contributed by atoms with Crippen LogP contribution in [0.25, 0.3) is 0 Å². The lowest BCUT2D eigenvalue weighted by molar-refractivity contribution is -0.184. The van der Waals surface area contributed by atoms with Gasteiger partial charge in [-0.1, -0.05) is 47.5 Å². The molecule has 4 atom stereocenters. The van der Waals surface area contributed by atoms with Gasteiger partial charge in [-0.05, 0) is 85.2 Å². The topological polar surface area (TPSA) is 113 Å². The Morgan fingerprint density at radius 3 is 2.36 bits per heavy atom. The quantitative estimate of drug-likeness (QED) is 0.252. The molecular weight excluding hydrogens is 649 g/mol. The summed E-state index contributed by atoms with van der Waals surface area (Å²) in [5.41, 5.74) is 1.01. The van der Waals surface area contributed by atoms with Crippen molar-refractivity contribution in [2.45, 2.75) is 61.1 Å². The number of carbonyl (C=O) groups excluding carboxylic acids is 1. The lowest BCUT2D eigenvalue weighted by Crippen LogP contribution is -2.58. The number of halogens is 4. The van der Waals surface area contributed by atoms with Crippen LogP contribution in [-0.4, -0.2) is 49.0 Å². The molecule has 3 aromatic rings. The number of nitrogens with one attached hydrogen (secondary N) is 1. The van der Waals surface area contributed by atoms with E-state index in [1.54, 1.807) is 53.4 Å². The number of hydrogen-bond acceptors (Lipinski definition) is 5. The van der Waals surface area contributed by atoms with Crippen molar-refractivity contribution in [1.82, 2.24) is 9.62 Å². The van der Waals surface area contributed by atoms with Gasteiger partial charge in [-0.15, -0.1) is 0 Å². The van der Waals surface area contributed by atoms with E-state index < -0.39 is 69.0 Å². The van der Waals surface area contributed by atoms with Crippen LogP contribution in [0.5, 0.6) is 0 Å². The largest absolute Gasteiger partial charge is 0.481 e. The van der Waals surface area contributed by atoms with Gasteiger partial charge in [-0.3, -0.25) is 9.59 Å². The minimum atomic E-state index is -4.24. The van der Waals surface area contributed by atoms with Crippen LogP contribution >= 0.6 is 23.2 Å². The second kappa shape index (κ2) is 12.3. The summed E-state index contributed by atoms with van der Waals surface area (Å²) in [6, 6.07) is 14.9. The molecular formula is C32H30Cl2F2N2O6S. The second-order valence-corrected chi connectivity index (χ2v) is 14.8. The van der Waals surface area contributed by atoms with Crippen molar-refractivity contribution in [3.05, 3.63) is 105 Å². The van der Waals surface area contributed by atoms with Gasteiger partial charge in [-0.2, -0.15) is 0 Å². The molecule has 0 aromatic heterocycles. The monoisotopic (exact) mass is 678 g/mol. The average molecular weight is 680 g/mol. The van der Waals surface area contributed by atoms with Gasteiger partial charge in [-0.25, -0.2) is 21.9 Å². The van der Waals surface area contributed by atoms with Crippen LogP contribution in [0.1, 0.15) is 60.9 Å². The third kappa shape index (κ3) is 6.33. The van der Waals surface area contributed by atoms with Gasteiger partial charge in [0.25, 0.3) is 5.91 Å². The zero-order valence-electron chi connectivity index (χ0n) is 23.8. The smallest absolute Gasteiger partial charge is 0.306 e. The number of carbonyl (C=O) groups is 2. The fourth-order valence-electron chi connectivity index (χ4n) is 6.31. The maximum Gasteiger partial charge on any atom is 0.306 e. The van der Waals surface area contributed by atoms with Gasteiger partial charge < -0.3 is 14.7 Å². The lowest BCUT2D eigenvalue weighted by atomic mass is 9.89. The SMILES string of the molecule is O=C(O)C[C@@H]1O[C@H](c2cccc(Cl)c2)[C@@H](c2ccc(Cl)cc2)N([C@H](CNS(=O)(=O)C2(c3cc(F)ccc3F)CC2)C2CC2)C1=O. The molecule has 238 valence electrons. The van der Waals surface area contributed by atoms with Crippen molar-refractivity contribution in [1.29, 1.82) is 0 Å². The number of ether oxygens (including phenoxy) is 1. The second-order valence-electron chi connectivity index (χ2n) is 11.8. The normalized spacial score (nSPS) is 23.5. The van der Waals surface area contributed by atoms with Crippen molar-refractivity contribution < 1.29 is 36.6 Å². The van der Waals surface area contributed by atoms with Crippen molar-refractivity contribution in [2.24, 2.45) is 5.92 Å². The highest BCUT2D eigenvalue weighted by Crippen LogP contribution is 2.54. The molecule has 0 spiro atoms. The highest BCUT2D eigenvalue weighted by Gasteiger charge is 2.58. The lowest BCUT2D eigenvalue weighted by Gasteiger charge is -2.48. The van der Waals surface area contributed by atoms with Gasteiger partial charge in [0.2, 0.25) is 10.0 Å². The molecule has 2 N–H and O–H groups in total. The van der Waals surface area contributed by atoms with Crippen LogP contribution in [0.15, 0.2) is 66.7 Å². The van der Waals surface area contributed by atoms with Crippen LogP contribution in [0.4, 0.5) is 8.78 Å². The molecule has 3 aliphatic rings. The van der Waals surface area contributed by atoms with Gasteiger partial charge in [0.05, 0.1) is 12.5 Å². The van der Waals surface area contributed by atoms with Crippen LogP contribution in [0.3, 0.4) is 0 Å². The van der Waals surface area contributed by atoms with E-state index in [2.05, 4.69) is 4.72 Å². The maximum absolute atomic E-state index is 14.8. The number of carboxylic acids is 1. The zero-order chi connectivity index (χ0) is 32.1. The molecule has 1 saturated heterocycles. The van der Waals surface area contributed by atoms with E-state index in [9.17, 15) is 31.9 Å². The van der Waals surface area contributed by atoms with Crippen molar-refractivity contribution in [3.8, 4) is 0 Å². The van der Waals surface area contributed by atoms with Gasteiger partial charge >= 0.3 is 5.97 Å². The Morgan fingerprint density at radius 2 is 1.73 bits per heavy atom. The molecule has 0 bridgehead atoms. The summed E-state index contributed by atoms with van der Waals surface area (Å²) >= 11 is 12.5. The molecule has 45 heavy (non-hydrogen) atoms.